The van der Waals surface area contributed by atoms with Gasteiger partial charge in [-0.15, -0.1) is 5.10 Å². The minimum Gasteiger partial charge on any atom is -0.450 e. The smallest absolute Gasteiger partial charge is 0.414 e. The number of fused-ring (bicyclic) bond motifs is 2. The predicted octanol–water partition coefficient (Wildman–Crippen LogP) is 3.32. The van der Waals surface area contributed by atoms with Crippen LogP contribution >= 0.6 is 0 Å². The molecule has 0 saturated carbocycles. The van der Waals surface area contributed by atoms with Gasteiger partial charge in [-0.05, 0) is 37.5 Å². The van der Waals surface area contributed by atoms with E-state index in [1.54, 1.807) is 6.92 Å². The second kappa shape index (κ2) is 6.51. The Bertz CT molecular complexity index is 921. The van der Waals surface area contributed by atoms with Crippen molar-refractivity contribution in [2.45, 2.75) is 32.2 Å². The molecule has 128 valence electrons. The first-order chi connectivity index (χ1) is 12.2. The molecule has 0 fully saturated rings. The van der Waals surface area contributed by atoms with Gasteiger partial charge in [0.2, 0.25) is 0 Å². The highest BCUT2D eigenvalue weighted by Gasteiger charge is 2.25. The topological polar surface area (TPSA) is 81.9 Å². The number of para-hydroxylation sites is 1. The Labute approximate surface area is 145 Å². The number of rotatable bonds is 3. The lowest BCUT2D eigenvalue weighted by molar-refractivity contribution is 0.167. The van der Waals surface area contributed by atoms with Crippen LogP contribution in [0.2, 0.25) is 0 Å². The molecule has 1 aliphatic rings. The van der Waals surface area contributed by atoms with Gasteiger partial charge in [0.25, 0.3) is 5.95 Å². The molecule has 25 heavy (non-hydrogen) atoms. The minimum absolute atomic E-state index is 0.0751. The van der Waals surface area contributed by atoms with Gasteiger partial charge in [-0.2, -0.15) is 4.98 Å². The highest BCUT2D eigenvalue weighted by Crippen LogP contribution is 2.31. The van der Waals surface area contributed by atoms with Crippen molar-refractivity contribution in [2.75, 3.05) is 11.9 Å². The Hall–Kier alpha value is -2.96. The van der Waals surface area contributed by atoms with E-state index in [0.717, 1.165) is 41.6 Å². The lowest BCUT2D eigenvalue weighted by atomic mass is 9.98. The van der Waals surface area contributed by atoms with Crippen molar-refractivity contribution >= 4 is 22.9 Å². The Balaban J connectivity index is 1.66. The average molecular weight is 337 g/mol. The second-order valence-electron chi connectivity index (χ2n) is 6.01. The third kappa shape index (κ3) is 3.05. The first-order valence-electron chi connectivity index (χ1n) is 8.48. The predicted molar refractivity (Wildman–Crippen MR) is 93.5 cm³/mol. The third-order valence-electron chi connectivity index (χ3n) is 4.36. The van der Waals surface area contributed by atoms with Crippen LogP contribution in [0.4, 0.5) is 10.7 Å². The molecule has 3 aromatic rings. The van der Waals surface area contributed by atoms with Gasteiger partial charge in [0, 0.05) is 18.0 Å². The standard InChI is InChI=1S/C18H19N5O2/c1-2-25-18(24)21-17-20-16-9-5-8-15(23(16)22-17)13-10-12-6-3-4-7-14(12)19-11-13/h3-4,6-7,10-11,15H,2,5,8-9H2,1H3,(H,21,22,24). The van der Waals surface area contributed by atoms with E-state index in [1.807, 2.05) is 29.1 Å². The number of aryl methyl sites for hydroxylation is 1. The molecule has 1 N–H and O–H groups in total. The molecule has 1 aromatic carbocycles. The second-order valence-corrected chi connectivity index (χ2v) is 6.01. The first kappa shape index (κ1) is 15.6. The summed E-state index contributed by atoms with van der Waals surface area (Å²) in [4.78, 5) is 20.6. The molecule has 3 heterocycles. The molecular formula is C18H19N5O2. The minimum atomic E-state index is -0.533. The molecular weight excluding hydrogens is 318 g/mol. The van der Waals surface area contributed by atoms with Crippen LogP contribution in [-0.4, -0.2) is 32.4 Å². The number of aromatic nitrogens is 4. The lowest BCUT2D eigenvalue weighted by Gasteiger charge is -2.23. The zero-order valence-corrected chi connectivity index (χ0v) is 14.0. The van der Waals surface area contributed by atoms with Gasteiger partial charge in [-0.1, -0.05) is 18.2 Å². The van der Waals surface area contributed by atoms with Gasteiger partial charge in [0.15, 0.2) is 0 Å². The van der Waals surface area contributed by atoms with E-state index in [4.69, 9.17) is 4.74 Å². The van der Waals surface area contributed by atoms with Crippen LogP contribution in [-0.2, 0) is 11.2 Å². The molecule has 7 nitrogen and oxygen atoms in total. The van der Waals surface area contributed by atoms with Crippen molar-refractivity contribution in [3.8, 4) is 0 Å². The molecule has 1 amide bonds. The zero-order chi connectivity index (χ0) is 17.2. The molecule has 2 aromatic heterocycles. The van der Waals surface area contributed by atoms with Crippen LogP contribution in [0.15, 0.2) is 36.5 Å². The van der Waals surface area contributed by atoms with Crippen LogP contribution in [0.25, 0.3) is 10.9 Å². The molecule has 0 spiro atoms. The summed E-state index contributed by atoms with van der Waals surface area (Å²) in [5.74, 6) is 1.16. The largest absolute Gasteiger partial charge is 0.450 e. The average Bonchev–Trinajstić information content (AvgIpc) is 3.03. The number of carbonyl (C=O) groups is 1. The number of hydrogen-bond donors (Lipinski definition) is 1. The highest BCUT2D eigenvalue weighted by molar-refractivity contribution is 5.82. The normalized spacial score (nSPS) is 16.4. The van der Waals surface area contributed by atoms with Crippen molar-refractivity contribution in [1.29, 1.82) is 0 Å². The molecule has 0 saturated heterocycles. The summed E-state index contributed by atoms with van der Waals surface area (Å²) in [6, 6.07) is 10.3. The summed E-state index contributed by atoms with van der Waals surface area (Å²) >= 11 is 0. The molecule has 1 atom stereocenters. The number of ether oxygens (including phenoxy) is 1. The van der Waals surface area contributed by atoms with Gasteiger partial charge < -0.3 is 4.74 Å². The third-order valence-corrected chi connectivity index (χ3v) is 4.36. The van der Waals surface area contributed by atoms with E-state index in [1.165, 1.54) is 0 Å². The van der Waals surface area contributed by atoms with E-state index in [0.29, 0.717) is 6.61 Å². The van der Waals surface area contributed by atoms with Crippen molar-refractivity contribution in [2.24, 2.45) is 0 Å². The summed E-state index contributed by atoms with van der Waals surface area (Å²) in [5, 5.41) is 8.17. The summed E-state index contributed by atoms with van der Waals surface area (Å²) < 4.78 is 6.79. The fourth-order valence-electron chi connectivity index (χ4n) is 3.24. The number of pyridine rings is 1. The number of amides is 1. The monoisotopic (exact) mass is 337 g/mol. The summed E-state index contributed by atoms with van der Waals surface area (Å²) in [7, 11) is 0. The first-order valence-corrected chi connectivity index (χ1v) is 8.48. The summed E-state index contributed by atoms with van der Waals surface area (Å²) in [6.45, 7) is 2.07. The number of anilines is 1. The Morgan fingerprint density at radius 3 is 3.16 bits per heavy atom. The fraction of sp³-hybridized carbons (Fsp3) is 0.333. The summed E-state index contributed by atoms with van der Waals surface area (Å²) in [6.07, 6.45) is 4.20. The van der Waals surface area contributed by atoms with E-state index < -0.39 is 6.09 Å². The molecule has 0 aliphatic carbocycles. The van der Waals surface area contributed by atoms with Crippen molar-refractivity contribution in [1.82, 2.24) is 19.7 Å². The number of nitrogens with one attached hydrogen (secondary N) is 1. The molecule has 0 radical (unpaired) electrons. The van der Waals surface area contributed by atoms with Crippen LogP contribution in [0.1, 0.15) is 37.2 Å². The zero-order valence-electron chi connectivity index (χ0n) is 14.0. The van der Waals surface area contributed by atoms with Crippen molar-refractivity contribution in [3.05, 3.63) is 47.9 Å². The molecule has 0 bridgehead atoms. The van der Waals surface area contributed by atoms with Crippen LogP contribution in [0, 0.1) is 0 Å². The Morgan fingerprint density at radius 1 is 1.40 bits per heavy atom. The van der Waals surface area contributed by atoms with Gasteiger partial charge in [-0.25, -0.2) is 9.48 Å². The van der Waals surface area contributed by atoms with Gasteiger partial charge in [-0.3, -0.25) is 10.3 Å². The number of hydrogen-bond acceptors (Lipinski definition) is 5. The van der Waals surface area contributed by atoms with Gasteiger partial charge >= 0.3 is 6.09 Å². The molecule has 1 aliphatic heterocycles. The van der Waals surface area contributed by atoms with Gasteiger partial charge in [0.05, 0.1) is 18.2 Å². The SMILES string of the molecule is CCOC(=O)Nc1nc2n(n1)C(c1cnc3ccccc3c1)CCC2. The Kier molecular flexibility index (Phi) is 4.05. The maximum absolute atomic E-state index is 11.6. The molecule has 1 unspecified atom stereocenters. The fourth-order valence-corrected chi connectivity index (χ4v) is 3.24. The van der Waals surface area contributed by atoms with E-state index in [9.17, 15) is 4.79 Å². The lowest BCUT2D eigenvalue weighted by Crippen LogP contribution is -2.20. The quantitative estimate of drug-likeness (QED) is 0.793. The van der Waals surface area contributed by atoms with Gasteiger partial charge in [0.1, 0.15) is 5.82 Å². The molecule has 7 heteroatoms. The summed E-state index contributed by atoms with van der Waals surface area (Å²) in [5.41, 5.74) is 2.08. The highest BCUT2D eigenvalue weighted by atomic mass is 16.5. The Morgan fingerprint density at radius 2 is 2.28 bits per heavy atom. The number of carbonyl (C=O) groups excluding carboxylic acids is 1. The maximum atomic E-state index is 11.6. The maximum Gasteiger partial charge on any atom is 0.414 e. The molecule has 4 rings (SSSR count). The number of benzene rings is 1. The van der Waals surface area contributed by atoms with E-state index >= 15 is 0 Å². The van der Waals surface area contributed by atoms with E-state index in [2.05, 4.69) is 32.5 Å². The number of nitrogens with zero attached hydrogens (tertiary/aromatic N) is 4. The van der Waals surface area contributed by atoms with E-state index in [-0.39, 0.29) is 12.0 Å². The van der Waals surface area contributed by atoms with Crippen LogP contribution in [0.3, 0.4) is 0 Å². The van der Waals surface area contributed by atoms with Crippen molar-refractivity contribution < 1.29 is 9.53 Å². The van der Waals surface area contributed by atoms with Crippen LogP contribution in [0.5, 0.6) is 0 Å². The van der Waals surface area contributed by atoms with Crippen LogP contribution < -0.4 is 5.32 Å². The van der Waals surface area contributed by atoms with Crippen molar-refractivity contribution in [3.63, 3.8) is 0 Å².